The lowest BCUT2D eigenvalue weighted by molar-refractivity contribution is -0.134. The van der Waals surface area contributed by atoms with E-state index in [-0.39, 0.29) is 5.97 Å². The van der Waals surface area contributed by atoms with Gasteiger partial charge >= 0.3 is 5.97 Å². The number of pyridine rings is 1. The van der Waals surface area contributed by atoms with Crippen LogP contribution in [0.1, 0.15) is 37.8 Å². The van der Waals surface area contributed by atoms with Gasteiger partial charge in [-0.3, -0.25) is 4.79 Å². The van der Waals surface area contributed by atoms with Crippen molar-refractivity contribution in [2.45, 2.75) is 39.5 Å². The van der Waals surface area contributed by atoms with E-state index in [1.807, 2.05) is 25.1 Å². The summed E-state index contributed by atoms with van der Waals surface area (Å²) in [6, 6.07) is 18.6. The first-order valence-electron chi connectivity index (χ1n) is 11.0. The fourth-order valence-corrected chi connectivity index (χ4v) is 4.58. The van der Waals surface area contributed by atoms with Crippen LogP contribution >= 0.6 is 0 Å². The predicted molar refractivity (Wildman–Crippen MR) is 124 cm³/mol. The van der Waals surface area contributed by atoms with Gasteiger partial charge in [0.1, 0.15) is 0 Å². The van der Waals surface area contributed by atoms with Crippen molar-refractivity contribution in [2.24, 2.45) is 0 Å². The Morgan fingerprint density at radius 1 is 0.968 bits per heavy atom. The average Bonchev–Trinajstić information content (AvgIpc) is 3.29. The molecule has 1 aliphatic rings. The molecule has 156 valence electrons. The molecule has 0 N–H and O–H groups in total. The van der Waals surface area contributed by atoms with Crippen molar-refractivity contribution < 1.29 is 14.3 Å². The number of fused-ring (bicyclic) bond motifs is 5. The maximum absolute atomic E-state index is 11.8. The molecule has 0 bridgehead atoms. The zero-order valence-electron chi connectivity index (χ0n) is 17.9. The summed E-state index contributed by atoms with van der Waals surface area (Å²) in [4.78, 5) is 16.9. The third kappa shape index (κ3) is 3.42. The highest BCUT2D eigenvalue weighted by molar-refractivity contribution is 6.09. The van der Waals surface area contributed by atoms with Gasteiger partial charge in [0.15, 0.2) is 11.5 Å². The Bertz CT molecular complexity index is 1310. The van der Waals surface area contributed by atoms with Gasteiger partial charge in [0, 0.05) is 17.4 Å². The number of ether oxygens (including phenoxy) is 2. The minimum absolute atomic E-state index is 0.273. The first kappa shape index (κ1) is 19.6. The molecule has 0 atom stereocenters. The van der Waals surface area contributed by atoms with Crippen LogP contribution in [0.5, 0.6) is 11.5 Å². The summed E-state index contributed by atoms with van der Waals surface area (Å²) in [6.45, 7) is 4.20. The molecule has 0 spiro atoms. The molecule has 0 aliphatic heterocycles. The number of aryl methyl sites for hydroxylation is 1. The molecule has 31 heavy (non-hydrogen) atoms. The number of hydrogen-bond acceptors (Lipinski definition) is 4. The lowest BCUT2D eigenvalue weighted by Crippen LogP contribution is -2.07. The van der Waals surface area contributed by atoms with Crippen LogP contribution in [0.25, 0.3) is 32.9 Å². The number of rotatable bonds is 5. The van der Waals surface area contributed by atoms with Crippen LogP contribution in [0.2, 0.25) is 0 Å². The summed E-state index contributed by atoms with van der Waals surface area (Å²) in [5, 5.41) is 3.81. The van der Waals surface area contributed by atoms with Gasteiger partial charge in [-0.05, 0) is 72.4 Å². The number of carbonyl (C=O) groups is 1. The van der Waals surface area contributed by atoms with Gasteiger partial charge in [0.25, 0.3) is 0 Å². The van der Waals surface area contributed by atoms with Crippen molar-refractivity contribution >= 4 is 27.6 Å². The zero-order chi connectivity index (χ0) is 21.4. The number of hydrogen-bond donors (Lipinski definition) is 0. The molecule has 1 aromatic heterocycles. The van der Waals surface area contributed by atoms with Gasteiger partial charge < -0.3 is 9.47 Å². The standard InChI is InChI=1S/C27H25NO3/c1-3-25(29)31-23-15-13-18(16-24(23)30-4-2)27-21-11-7-10-20(21)26-19-9-6-5-8-17(19)12-14-22(26)28-27/h5-6,8-9,12-16H,3-4,7,10-11H2,1-2H3. The summed E-state index contributed by atoms with van der Waals surface area (Å²) >= 11 is 0. The van der Waals surface area contributed by atoms with E-state index in [4.69, 9.17) is 14.5 Å². The minimum Gasteiger partial charge on any atom is -0.490 e. The molecule has 3 aromatic carbocycles. The summed E-state index contributed by atoms with van der Waals surface area (Å²) in [5.74, 6) is 0.764. The number of carbonyl (C=O) groups excluding carboxylic acids is 1. The van der Waals surface area contributed by atoms with Crippen molar-refractivity contribution in [3.8, 4) is 22.8 Å². The van der Waals surface area contributed by atoms with Gasteiger partial charge in [0.05, 0.1) is 17.8 Å². The van der Waals surface area contributed by atoms with E-state index in [9.17, 15) is 4.79 Å². The maximum atomic E-state index is 11.8. The largest absolute Gasteiger partial charge is 0.490 e. The van der Waals surface area contributed by atoms with Crippen LogP contribution in [0, 0.1) is 0 Å². The second-order valence-corrected chi connectivity index (χ2v) is 7.87. The van der Waals surface area contributed by atoms with Gasteiger partial charge in [-0.1, -0.05) is 37.3 Å². The Hall–Kier alpha value is -3.40. The normalized spacial score (nSPS) is 12.8. The number of nitrogens with zero attached hydrogens (tertiary/aromatic N) is 1. The molecular formula is C27H25NO3. The molecule has 0 fully saturated rings. The van der Waals surface area contributed by atoms with E-state index in [2.05, 4.69) is 36.4 Å². The quantitative estimate of drug-likeness (QED) is 0.221. The van der Waals surface area contributed by atoms with E-state index >= 15 is 0 Å². The van der Waals surface area contributed by atoms with Gasteiger partial charge in [0.2, 0.25) is 0 Å². The van der Waals surface area contributed by atoms with Crippen LogP contribution < -0.4 is 9.47 Å². The SMILES string of the molecule is CCOc1cc(-c2nc3ccc4ccccc4c3c3c2CCC3)ccc1OC(=O)CC. The van der Waals surface area contributed by atoms with Crippen molar-refractivity contribution in [1.82, 2.24) is 4.98 Å². The van der Waals surface area contributed by atoms with Crippen LogP contribution in [-0.2, 0) is 17.6 Å². The van der Waals surface area contributed by atoms with Crippen molar-refractivity contribution in [2.75, 3.05) is 6.61 Å². The van der Waals surface area contributed by atoms with Crippen LogP contribution in [0.15, 0.2) is 54.6 Å². The number of esters is 1. The molecule has 1 aliphatic carbocycles. The van der Waals surface area contributed by atoms with E-state index in [1.165, 1.54) is 27.3 Å². The molecule has 0 saturated carbocycles. The second-order valence-electron chi connectivity index (χ2n) is 7.87. The van der Waals surface area contributed by atoms with Crippen LogP contribution in [0.4, 0.5) is 0 Å². The molecule has 0 saturated heterocycles. The van der Waals surface area contributed by atoms with E-state index in [1.54, 1.807) is 6.92 Å². The molecule has 0 radical (unpaired) electrons. The Morgan fingerprint density at radius 3 is 2.65 bits per heavy atom. The Kier molecular flexibility index (Phi) is 5.06. The Balaban J connectivity index is 1.70. The molecule has 4 aromatic rings. The maximum Gasteiger partial charge on any atom is 0.311 e. The molecule has 5 rings (SSSR count). The molecular weight excluding hydrogens is 386 g/mol. The highest BCUT2D eigenvalue weighted by Gasteiger charge is 2.23. The fourth-order valence-electron chi connectivity index (χ4n) is 4.58. The third-order valence-corrected chi connectivity index (χ3v) is 5.97. The van der Waals surface area contributed by atoms with Crippen LogP contribution in [0.3, 0.4) is 0 Å². The predicted octanol–water partition coefficient (Wildman–Crippen LogP) is 6.26. The first-order valence-corrected chi connectivity index (χ1v) is 11.0. The zero-order valence-corrected chi connectivity index (χ0v) is 17.9. The average molecular weight is 412 g/mol. The van der Waals surface area contributed by atoms with Crippen LogP contribution in [-0.4, -0.2) is 17.6 Å². The van der Waals surface area contributed by atoms with Gasteiger partial charge in [-0.25, -0.2) is 4.98 Å². The number of aromatic nitrogens is 1. The molecule has 0 amide bonds. The lowest BCUT2D eigenvalue weighted by Gasteiger charge is -2.16. The summed E-state index contributed by atoms with van der Waals surface area (Å²) < 4.78 is 11.3. The van der Waals surface area contributed by atoms with E-state index in [0.717, 1.165) is 36.0 Å². The summed E-state index contributed by atoms with van der Waals surface area (Å²) in [7, 11) is 0. The highest BCUT2D eigenvalue weighted by atomic mass is 16.6. The third-order valence-electron chi connectivity index (χ3n) is 5.97. The highest BCUT2D eigenvalue weighted by Crippen LogP contribution is 2.41. The summed E-state index contributed by atoms with van der Waals surface area (Å²) in [6.07, 6.45) is 3.55. The fraction of sp³-hybridized carbons (Fsp3) is 0.259. The molecule has 4 heteroatoms. The molecule has 0 unspecified atom stereocenters. The van der Waals surface area contributed by atoms with Gasteiger partial charge in [-0.15, -0.1) is 0 Å². The number of benzene rings is 3. The monoisotopic (exact) mass is 411 g/mol. The van der Waals surface area contributed by atoms with Crippen molar-refractivity contribution in [3.63, 3.8) is 0 Å². The summed E-state index contributed by atoms with van der Waals surface area (Å²) in [5.41, 5.74) is 5.76. The molecule has 1 heterocycles. The van der Waals surface area contributed by atoms with Crippen molar-refractivity contribution in [3.05, 3.63) is 65.7 Å². The Morgan fingerprint density at radius 2 is 1.81 bits per heavy atom. The minimum atomic E-state index is -0.273. The van der Waals surface area contributed by atoms with E-state index < -0.39 is 0 Å². The van der Waals surface area contributed by atoms with Crippen molar-refractivity contribution in [1.29, 1.82) is 0 Å². The first-order chi connectivity index (χ1) is 15.2. The second kappa shape index (κ2) is 8.03. The van der Waals surface area contributed by atoms with E-state index in [0.29, 0.717) is 24.5 Å². The Labute approximate surface area is 181 Å². The smallest absolute Gasteiger partial charge is 0.311 e. The molecule has 4 nitrogen and oxygen atoms in total. The topological polar surface area (TPSA) is 48.4 Å². The van der Waals surface area contributed by atoms with Gasteiger partial charge in [-0.2, -0.15) is 0 Å². The lowest BCUT2D eigenvalue weighted by atomic mass is 9.95.